The topological polar surface area (TPSA) is 77.0 Å². The number of aryl methyl sites for hydroxylation is 1. The van der Waals surface area contributed by atoms with E-state index in [1.54, 1.807) is 6.92 Å². The number of hydrogen-bond acceptors (Lipinski definition) is 3. The third kappa shape index (κ3) is 4.12. The van der Waals surface area contributed by atoms with Crippen LogP contribution < -0.4 is 5.56 Å². The maximum Gasteiger partial charge on any atom is 0.266 e. The van der Waals surface area contributed by atoms with Gasteiger partial charge in [0.2, 0.25) is 5.91 Å². The van der Waals surface area contributed by atoms with Crippen LogP contribution in [0.3, 0.4) is 0 Å². The van der Waals surface area contributed by atoms with Crippen LogP contribution >= 0.6 is 0 Å². The fourth-order valence-corrected chi connectivity index (χ4v) is 3.51. The first-order valence-electron chi connectivity index (χ1n) is 9.25. The summed E-state index contributed by atoms with van der Waals surface area (Å²) in [5, 5.41) is 9.18. The molecule has 0 bridgehead atoms. The molecule has 1 fully saturated rings. The lowest BCUT2D eigenvalue weighted by Crippen LogP contribution is -2.43. The van der Waals surface area contributed by atoms with Gasteiger partial charge < -0.3 is 9.88 Å². The Balaban J connectivity index is 2.16. The molecule has 1 saturated carbocycles. The predicted octanol–water partition coefficient (Wildman–Crippen LogP) is 3.22. The van der Waals surface area contributed by atoms with Gasteiger partial charge >= 0.3 is 0 Å². The zero-order valence-corrected chi connectivity index (χ0v) is 16.0. The summed E-state index contributed by atoms with van der Waals surface area (Å²) in [6.07, 6.45) is 4.22. The van der Waals surface area contributed by atoms with E-state index < -0.39 is 0 Å². The SMILES string of the molecule is CC[C@@H](C)[C@@H](C)N(C(=O)CCc1c(C)[nH]c(=O)c(C#N)c1C)C1CC1. The van der Waals surface area contributed by atoms with Gasteiger partial charge in [-0.3, -0.25) is 9.59 Å². The first-order valence-corrected chi connectivity index (χ1v) is 9.25. The zero-order valence-electron chi connectivity index (χ0n) is 16.0. The molecular formula is C20H29N3O2. The first-order chi connectivity index (χ1) is 11.8. The number of nitrogens with one attached hydrogen (secondary N) is 1. The van der Waals surface area contributed by atoms with Gasteiger partial charge in [-0.2, -0.15) is 5.26 Å². The maximum atomic E-state index is 12.9. The lowest BCUT2D eigenvalue weighted by Gasteiger charge is -2.33. The molecule has 0 saturated heterocycles. The standard InChI is InChI=1S/C20H29N3O2/c1-6-12(2)15(5)23(16-7-8-16)19(24)10-9-17-13(3)18(11-21)20(25)22-14(17)4/h12,15-16H,6-10H2,1-5H3,(H,22,25)/t12-,15-/m1/s1. The van der Waals surface area contributed by atoms with Crippen molar-refractivity contribution in [1.82, 2.24) is 9.88 Å². The lowest BCUT2D eigenvalue weighted by molar-refractivity contribution is -0.134. The fourth-order valence-electron chi connectivity index (χ4n) is 3.51. The summed E-state index contributed by atoms with van der Waals surface area (Å²) in [6, 6.07) is 2.61. The molecule has 1 aromatic rings. The van der Waals surface area contributed by atoms with Crippen LogP contribution in [0.1, 0.15) is 68.8 Å². The van der Waals surface area contributed by atoms with E-state index in [2.05, 4.69) is 30.7 Å². The molecular weight excluding hydrogens is 314 g/mol. The number of rotatable bonds is 7. The Kier molecular flexibility index (Phi) is 6.05. The van der Waals surface area contributed by atoms with Gasteiger partial charge in [0.15, 0.2) is 0 Å². The molecule has 1 aliphatic carbocycles. The molecule has 2 rings (SSSR count). The Bertz CT molecular complexity index is 741. The lowest BCUT2D eigenvalue weighted by atomic mass is 9.96. The Morgan fingerprint density at radius 3 is 2.52 bits per heavy atom. The van der Waals surface area contributed by atoms with Crippen LogP contribution in [0.4, 0.5) is 0 Å². The summed E-state index contributed by atoms with van der Waals surface area (Å²) in [4.78, 5) is 29.5. The Hall–Kier alpha value is -2.09. The van der Waals surface area contributed by atoms with E-state index in [1.165, 1.54) is 0 Å². The zero-order chi connectivity index (χ0) is 18.7. The smallest absolute Gasteiger partial charge is 0.266 e. The number of H-pyrrole nitrogens is 1. The number of nitriles is 1. The number of hydrogen-bond donors (Lipinski definition) is 1. The predicted molar refractivity (Wildman–Crippen MR) is 98.4 cm³/mol. The summed E-state index contributed by atoms with van der Waals surface area (Å²) >= 11 is 0. The fraction of sp³-hybridized carbons (Fsp3) is 0.650. The van der Waals surface area contributed by atoms with Crippen LogP contribution in [0.15, 0.2) is 4.79 Å². The average molecular weight is 343 g/mol. The van der Waals surface area contributed by atoms with E-state index in [1.807, 2.05) is 13.0 Å². The molecule has 2 atom stereocenters. The van der Waals surface area contributed by atoms with E-state index in [0.29, 0.717) is 30.4 Å². The normalized spacial score (nSPS) is 16.2. The second-order valence-electron chi connectivity index (χ2n) is 7.33. The number of aromatic amines is 1. The van der Waals surface area contributed by atoms with Crippen molar-refractivity contribution in [2.45, 2.75) is 78.8 Å². The third-order valence-corrected chi connectivity index (χ3v) is 5.64. The second kappa shape index (κ2) is 7.86. The van der Waals surface area contributed by atoms with Gasteiger partial charge in [-0.15, -0.1) is 0 Å². The molecule has 1 aromatic heterocycles. The molecule has 136 valence electrons. The molecule has 0 aromatic carbocycles. The summed E-state index contributed by atoms with van der Waals surface area (Å²) in [5.41, 5.74) is 2.17. The van der Waals surface area contributed by atoms with Crippen LogP contribution in [-0.4, -0.2) is 27.9 Å². The largest absolute Gasteiger partial charge is 0.337 e. The molecule has 1 aliphatic rings. The van der Waals surface area contributed by atoms with Crippen molar-refractivity contribution < 1.29 is 4.79 Å². The van der Waals surface area contributed by atoms with Gasteiger partial charge in [0, 0.05) is 24.2 Å². The minimum absolute atomic E-state index is 0.153. The molecule has 5 heteroatoms. The van der Waals surface area contributed by atoms with Gasteiger partial charge in [0.25, 0.3) is 5.56 Å². The summed E-state index contributed by atoms with van der Waals surface area (Å²) < 4.78 is 0. The van der Waals surface area contributed by atoms with Gasteiger partial charge in [0.05, 0.1) is 0 Å². The highest BCUT2D eigenvalue weighted by molar-refractivity contribution is 5.77. The van der Waals surface area contributed by atoms with Crippen molar-refractivity contribution in [2.75, 3.05) is 0 Å². The van der Waals surface area contributed by atoms with E-state index in [-0.39, 0.29) is 23.1 Å². The van der Waals surface area contributed by atoms with Crippen LogP contribution in [0.5, 0.6) is 0 Å². The van der Waals surface area contributed by atoms with Crippen molar-refractivity contribution in [3.63, 3.8) is 0 Å². The van der Waals surface area contributed by atoms with Crippen molar-refractivity contribution in [2.24, 2.45) is 5.92 Å². The Morgan fingerprint density at radius 2 is 2.00 bits per heavy atom. The molecule has 1 amide bonds. The van der Waals surface area contributed by atoms with Gasteiger partial charge in [-0.05, 0) is 57.1 Å². The molecule has 1 N–H and O–H groups in total. The number of pyridine rings is 1. The molecule has 0 unspecified atom stereocenters. The third-order valence-electron chi connectivity index (χ3n) is 5.64. The van der Waals surface area contributed by atoms with Crippen LogP contribution in [0.25, 0.3) is 0 Å². The highest BCUT2D eigenvalue weighted by atomic mass is 16.2. The van der Waals surface area contributed by atoms with Crippen molar-refractivity contribution in [3.8, 4) is 6.07 Å². The van der Waals surface area contributed by atoms with Crippen molar-refractivity contribution >= 4 is 5.91 Å². The number of carbonyl (C=O) groups is 1. The minimum atomic E-state index is -0.349. The van der Waals surface area contributed by atoms with E-state index in [0.717, 1.165) is 30.5 Å². The molecule has 5 nitrogen and oxygen atoms in total. The number of amides is 1. The number of aromatic nitrogens is 1. The Labute approximate surface area is 150 Å². The molecule has 0 aliphatic heterocycles. The molecule has 1 heterocycles. The van der Waals surface area contributed by atoms with E-state index in [9.17, 15) is 14.9 Å². The van der Waals surface area contributed by atoms with E-state index >= 15 is 0 Å². The molecule has 0 spiro atoms. The first kappa shape index (κ1) is 19.2. The van der Waals surface area contributed by atoms with Crippen LogP contribution in [-0.2, 0) is 11.2 Å². The Morgan fingerprint density at radius 1 is 1.36 bits per heavy atom. The summed E-state index contributed by atoms with van der Waals surface area (Å²) in [7, 11) is 0. The minimum Gasteiger partial charge on any atom is -0.337 e. The number of carbonyl (C=O) groups excluding carboxylic acids is 1. The molecule has 25 heavy (non-hydrogen) atoms. The number of nitrogens with zero attached hydrogens (tertiary/aromatic N) is 2. The molecule has 0 radical (unpaired) electrons. The monoisotopic (exact) mass is 343 g/mol. The van der Waals surface area contributed by atoms with Crippen LogP contribution in [0, 0.1) is 31.1 Å². The highest BCUT2D eigenvalue weighted by Crippen LogP contribution is 2.32. The second-order valence-corrected chi connectivity index (χ2v) is 7.33. The van der Waals surface area contributed by atoms with Crippen molar-refractivity contribution in [3.05, 3.63) is 32.7 Å². The van der Waals surface area contributed by atoms with Crippen molar-refractivity contribution in [1.29, 1.82) is 5.26 Å². The van der Waals surface area contributed by atoms with Gasteiger partial charge in [-0.25, -0.2) is 0 Å². The van der Waals surface area contributed by atoms with Crippen LogP contribution in [0.2, 0.25) is 0 Å². The van der Waals surface area contributed by atoms with E-state index in [4.69, 9.17) is 0 Å². The van der Waals surface area contributed by atoms with Gasteiger partial charge in [0.1, 0.15) is 11.6 Å². The highest BCUT2D eigenvalue weighted by Gasteiger charge is 2.36. The summed E-state index contributed by atoms with van der Waals surface area (Å²) in [6.45, 7) is 10.1. The van der Waals surface area contributed by atoms with Gasteiger partial charge in [-0.1, -0.05) is 20.3 Å². The maximum absolute atomic E-state index is 12.9. The summed E-state index contributed by atoms with van der Waals surface area (Å²) in [5.74, 6) is 0.658. The quantitative estimate of drug-likeness (QED) is 0.826. The average Bonchev–Trinajstić information content (AvgIpc) is 3.38.